The molecule has 0 bridgehead atoms. The molecule has 0 aromatic heterocycles. The van der Waals surface area contributed by atoms with Gasteiger partial charge in [-0.25, -0.2) is 22.6 Å². The van der Waals surface area contributed by atoms with Crippen molar-refractivity contribution in [3.05, 3.63) is 58.4 Å². The molecule has 4 fully saturated rings. The lowest BCUT2D eigenvalue weighted by atomic mass is 9.74. The summed E-state index contributed by atoms with van der Waals surface area (Å²) in [5, 5.41) is 29.2. The molecule has 2 saturated carbocycles. The zero-order valence-electron chi connectivity index (χ0n) is 30.0. The molecule has 3 heterocycles. The van der Waals surface area contributed by atoms with Gasteiger partial charge in [-0.1, -0.05) is 25.3 Å². The largest absolute Gasteiger partial charge is 0.508 e. The number of aliphatic imine (C=N–C) groups is 3. The average molecular weight is 722 g/mol. The van der Waals surface area contributed by atoms with Crippen molar-refractivity contribution in [3.8, 4) is 18.1 Å². The average Bonchev–Trinajstić information content (AvgIpc) is 3.39. The number of β-amino-alcohol motifs (C(OH)–C–C–N with tert-alkyl or cyclic N) is 1. The lowest BCUT2D eigenvalue weighted by Crippen LogP contribution is -2.51. The normalized spacial score (nSPS) is 31.6. The highest BCUT2D eigenvalue weighted by atomic mass is 19.3. The quantitative estimate of drug-likeness (QED) is 0.167. The summed E-state index contributed by atoms with van der Waals surface area (Å²) in [5.41, 5.74) is -1.18. The van der Waals surface area contributed by atoms with Crippen molar-refractivity contribution in [2.75, 3.05) is 39.8 Å². The van der Waals surface area contributed by atoms with Gasteiger partial charge in [-0.3, -0.25) is 14.9 Å². The fourth-order valence-corrected chi connectivity index (χ4v) is 9.08. The van der Waals surface area contributed by atoms with Crippen LogP contribution in [0.15, 0.2) is 56.5 Å². The highest BCUT2D eigenvalue weighted by Crippen LogP contribution is 2.57. The Kier molecular flexibility index (Phi) is 10.4. The predicted molar refractivity (Wildman–Crippen MR) is 197 cm³/mol. The molecule has 12 heteroatoms. The van der Waals surface area contributed by atoms with Gasteiger partial charge in [-0.15, -0.1) is 6.42 Å². The molecular weight excluding hydrogens is 674 g/mol. The molecule has 5 aliphatic rings. The minimum atomic E-state index is -2.64. The van der Waals surface area contributed by atoms with Crippen LogP contribution >= 0.6 is 0 Å². The Labute approximate surface area is 302 Å². The monoisotopic (exact) mass is 721 g/mol. The smallest absolute Gasteiger partial charge is 0.255 e. The van der Waals surface area contributed by atoms with Crippen LogP contribution < -0.4 is 0 Å². The number of hydrogen-bond acceptors (Lipinski definition) is 8. The van der Waals surface area contributed by atoms with Crippen LogP contribution in [0.2, 0.25) is 0 Å². The van der Waals surface area contributed by atoms with Gasteiger partial charge in [-0.05, 0) is 82.3 Å². The van der Waals surface area contributed by atoms with Gasteiger partial charge in [-0.2, -0.15) is 0 Å². The second-order valence-electron chi connectivity index (χ2n) is 15.1. The molecule has 7 rings (SSSR count). The number of aliphatic hydroxyl groups is 2. The first kappa shape index (κ1) is 37.7. The Morgan fingerprint density at radius 3 is 2.50 bits per heavy atom. The van der Waals surface area contributed by atoms with E-state index < -0.39 is 35.0 Å². The molecule has 0 radical (unpaired) electrons. The molecule has 278 valence electrons. The third kappa shape index (κ3) is 6.67. The fraction of sp³-hybridized carbons (Fsp3) is 0.525. The topological polar surface area (TPSA) is 104 Å². The Balaban J connectivity index is 0.00000228. The number of allylic oxidation sites excluding steroid dienone is 2. The molecule has 0 amide bonds. The summed E-state index contributed by atoms with van der Waals surface area (Å²) < 4.78 is 61.0. The van der Waals surface area contributed by atoms with Gasteiger partial charge in [0, 0.05) is 73.7 Å². The maximum Gasteiger partial charge on any atom is 0.255 e. The first-order valence-corrected chi connectivity index (χ1v) is 18.0. The molecule has 0 spiro atoms. The van der Waals surface area contributed by atoms with Crippen LogP contribution in [0.5, 0.6) is 5.75 Å². The molecule has 3 N–H and O–H groups in total. The molecule has 52 heavy (non-hydrogen) atoms. The lowest BCUT2D eigenvalue weighted by Gasteiger charge is -2.46. The van der Waals surface area contributed by atoms with Crippen LogP contribution in [-0.4, -0.2) is 101 Å². The molecular formula is C40H47F4N5O3. The maximum atomic E-state index is 17.3. The summed E-state index contributed by atoms with van der Waals surface area (Å²) >= 11 is 0. The Bertz CT molecular complexity index is 1910. The van der Waals surface area contributed by atoms with Crippen LogP contribution in [-0.2, 0) is 0 Å². The predicted octanol–water partition coefficient (Wildman–Crippen LogP) is 6.73. The highest BCUT2D eigenvalue weighted by Gasteiger charge is 2.66. The van der Waals surface area contributed by atoms with Gasteiger partial charge in [0.25, 0.3) is 5.92 Å². The Morgan fingerprint density at radius 1 is 1.12 bits per heavy atom. The van der Waals surface area contributed by atoms with E-state index in [0.29, 0.717) is 37.1 Å². The number of benzene rings is 2. The van der Waals surface area contributed by atoms with E-state index >= 15 is 4.39 Å². The summed E-state index contributed by atoms with van der Waals surface area (Å²) in [5.74, 6) is -2.87. The number of halogens is 4. The zero-order valence-corrected chi connectivity index (χ0v) is 30.0. The van der Waals surface area contributed by atoms with Gasteiger partial charge >= 0.3 is 0 Å². The molecule has 2 aliphatic carbocycles. The molecule has 2 saturated heterocycles. The second kappa shape index (κ2) is 14.4. The van der Waals surface area contributed by atoms with E-state index in [2.05, 4.69) is 27.5 Å². The van der Waals surface area contributed by atoms with Gasteiger partial charge in [0.15, 0.2) is 5.83 Å². The van der Waals surface area contributed by atoms with E-state index in [1.807, 2.05) is 4.90 Å². The number of aliphatic hydroxyl groups excluding tert-OH is 1. The maximum absolute atomic E-state index is 17.3. The van der Waals surface area contributed by atoms with Crippen molar-refractivity contribution in [1.29, 1.82) is 0 Å². The molecule has 2 aromatic rings. The Hall–Kier alpha value is -4.05. The van der Waals surface area contributed by atoms with E-state index in [1.54, 1.807) is 13.8 Å². The number of likely N-dealkylation sites (tertiary alicyclic amines) is 2. The second-order valence-corrected chi connectivity index (χ2v) is 15.1. The van der Waals surface area contributed by atoms with E-state index in [0.717, 1.165) is 45.8 Å². The van der Waals surface area contributed by atoms with Crippen molar-refractivity contribution < 1.29 is 32.9 Å². The molecule has 5 unspecified atom stereocenters. The molecule has 5 atom stereocenters. The molecule has 2 aromatic carbocycles. The summed E-state index contributed by atoms with van der Waals surface area (Å²) in [6.07, 6.45) is 12.8. The summed E-state index contributed by atoms with van der Waals surface area (Å²) in [6.45, 7) is 9.29. The van der Waals surface area contributed by atoms with Crippen LogP contribution in [0.3, 0.4) is 0 Å². The van der Waals surface area contributed by atoms with E-state index in [9.17, 15) is 23.4 Å². The number of rotatable bonds is 7. The van der Waals surface area contributed by atoms with E-state index in [-0.39, 0.29) is 63.8 Å². The summed E-state index contributed by atoms with van der Waals surface area (Å²) in [6, 6.07) is 5.46. The first-order chi connectivity index (χ1) is 24.8. The number of terminal acetylenes is 1. The highest BCUT2D eigenvalue weighted by molar-refractivity contribution is 6.29. The molecule has 8 nitrogen and oxygen atoms in total. The van der Waals surface area contributed by atoms with Gasteiger partial charge in [0.05, 0.1) is 16.7 Å². The number of alkyl halides is 2. The fourth-order valence-electron chi connectivity index (χ4n) is 9.08. The summed E-state index contributed by atoms with van der Waals surface area (Å²) in [7, 11) is 1.00. The number of phenols is 1. The number of nitrogens with zero attached hydrogens (tertiary/aromatic N) is 5. The third-order valence-electron chi connectivity index (χ3n) is 11.8. The number of piperidine rings is 2. The SMILES string of the molecule is C#Cc1c(F)ccc2cc(O)cc(C3=C(F)C(=NCC45CCCC4N(CC4C(C)C4(F)F)CCC5)/C(=C(\N=C)N4CCCC(C)(O)C4)C=N3)c12.CO. The van der Waals surface area contributed by atoms with Crippen molar-refractivity contribution in [2.24, 2.45) is 32.2 Å². The van der Waals surface area contributed by atoms with Crippen LogP contribution in [0, 0.1) is 35.4 Å². The van der Waals surface area contributed by atoms with Crippen molar-refractivity contribution in [3.63, 3.8) is 0 Å². The number of aromatic hydroxyl groups is 1. The van der Waals surface area contributed by atoms with Crippen molar-refractivity contribution in [2.45, 2.75) is 76.4 Å². The van der Waals surface area contributed by atoms with Crippen molar-refractivity contribution in [1.82, 2.24) is 9.80 Å². The van der Waals surface area contributed by atoms with Gasteiger partial charge in [0.1, 0.15) is 28.8 Å². The Morgan fingerprint density at radius 2 is 1.83 bits per heavy atom. The van der Waals surface area contributed by atoms with Gasteiger partial charge in [0.2, 0.25) is 0 Å². The number of hydrogen-bond donors (Lipinski definition) is 3. The van der Waals surface area contributed by atoms with Gasteiger partial charge < -0.3 is 20.2 Å². The third-order valence-corrected chi connectivity index (χ3v) is 11.8. The van der Waals surface area contributed by atoms with E-state index in [4.69, 9.17) is 16.5 Å². The minimum Gasteiger partial charge on any atom is -0.508 e. The van der Waals surface area contributed by atoms with Crippen molar-refractivity contribution >= 4 is 35.1 Å². The van der Waals surface area contributed by atoms with Crippen LogP contribution in [0.1, 0.15) is 69.9 Å². The zero-order chi connectivity index (χ0) is 37.6. The van der Waals surface area contributed by atoms with Crippen LogP contribution in [0.4, 0.5) is 17.6 Å². The standard InChI is InChI=1S/C39H43F4N5O2.CH4O/c1-5-26-30(40)11-10-24-17-25(49)18-27(32(24)26)34-33(41)35(28(19-45-34)36(44-4)48-16-7-12-37(3,50)22-48)46-21-38-13-6-9-31(38)47(15-8-14-38)20-29-23(2)39(29,42)43;1-2/h1,10-11,17-19,23,29,31,49-50H,4,6-9,12-16,20-22H2,2-3H3;2H,1H3/b36-28+,46-35?;. The molecule has 3 aliphatic heterocycles. The van der Waals surface area contributed by atoms with E-state index in [1.165, 1.54) is 30.5 Å². The lowest BCUT2D eigenvalue weighted by molar-refractivity contribution is -0.00477. The number of phenolic OH excluding ortho intramolecular Hbond substituents is 1. The number of fused-ring (bicyclic) bond motifs is 2. The minimum absolute atomic E-state index is 0.0164. The first-order valence-electron chi connectivity index (χ1n) is 18.0. The summed E-state index contributed by atoms with van der Waals surface area (Å²) in [4.78, 5) is 17.9. The van der Waals surface area contributed by atoms with Crippen LogP contribution in [0.25, 0.3) is 16.5 Å².